The van der Waals surface area contributed by atoms with E-state index in [1.165, 1.54) is 4.88 Å². The average Bonchev–Trinajstić information content (AvgIpc) is 2.92. The summed E-state index contributed by atoms with van der Waals surface area (Å²) in [6.07, 6.45) is 0.897. The van der Waals surface area contributed by atoms with Gasteiger partial charge in [-0.15, -0.1) is 11.3 Å². The van der Waals surface area contributed by atoms with Crippen molar-refractivity contribution < 1.29 is 4.79 Å². The zero-order valence-corrected chi connectivity index (χ0v) is 13.9. The highest BCUT2D eigenvalue weighted by atomic mass is 127. The van der Waals surface area contributed by atoms with Crippen LogP contribution in [-0.4, -0.2) is 5.91 Å². The third kappa shape index (κ3) is 3.36. The number of hydrogen-bond donors (Lipinski definition) is 1. The van der Waals surface area contributed by atoms with E-state index in [0.29, 0.717) is 0 Å². The van der Waals surface area contributed by atoms with E-state index in [-0.39, 0.29) is 11.9 Å². The Hall–Kier alpha value is -0.880. The number of thiophene rings is 1. The van der Waals surface area contributed by atoms with E-state index < -0.39 is 0 Å². The second-order valence-corrected chi connectivity index (χ2v) is 6.44. The summed E-state index contributed by atoms with van der Waals surface area (Å²) < 4.78 is 1.03. The monoisotopic (exact) mass is 385 g/mol. The quantitative estimate of drug-likeness (QED) is 0.770. The minimum atomic E-state index is 0.00773. The molecule has 0 radical (unpaired) electrons. The molecule has 1 heterocycles. The van der Waals surface area contributed by atoms with Gasteiger partial charge in [0.1, 0.15) is 0 Å². The lowest BCUT2D eigenvalue weighted by atomic mass is 10.1. The first kappa shape index (κ1) is 14.5. The van der Waals surface area contributed by atoms with Crippen LogP contribution in [0.4, 0.5) is 0 Å². The van der Waals surface area contributed by atoms with Crippen molar-refractivity contribution in [1.82, 2.24) is 5.32 Å². The summed E-state index contributed by atoms with van der Waals surface area (Å²) in [7, 11) is 0. The number of benzene rings is 1. The van der Waals surface area contributed by atoms with Crippen molar-refractivity contribution in [3.05, 3.63) is 55.3 Å². The molecule has 0 fully saturated rings. The first-order chi connectivity index (χ1) is 9.13. The van der Waals surface area contributed by atoms with Gasteiger partial charge >= 0.3 is 0 Å². The van der Waals surface area contributed by atoms with Crippen LogP contribution in [0.2, 0.25) is 0 Å². The van der Waals surface area contributed by atoms with Crippen molar-refractivity contribution in [1.29, 1.82) is 0 Å². The molecule has 4 heteroatoms. The minimum Gasteiger partial charge on any atom is -0.344 e. The van der Waals surface area contributed by atoms with Crippen molar-refractivity contribution in [2.24, 2.45) is 0 Å². The molecule has 1 unspecified atom stereocenters. The fourth-order valence-electron chi connectivity index (χ4n) is 1.92. The SMILES string of the molecule is CCC(NC(=O)c1cccc(C)c1I)c1cccs1. The summed E-state index contributed by atoms with van der Waals surface area (Å²) in [5.41, 5.74) is 1.90. The van der Waals surface area contributed by atoms with E-state index >= 15 is 0 Å². The number of rotatable bonds is 4. The Morgan fingerprint density at radius 2 is 2.16 bits per heavy atom. The van der Waals surface area contributed by atoms with Gasteiger partial charge in [-0.2, -0.15) is 0 Å². The number of amides is 1. The van der Waals surface area contributed by atoms with Crippen LogP contribution in [0.3, 0.4) is 0 Å². The van der Waals surface area contributed by atoms with E-state index in [1.807, 2.05) is 36.6 Å². The highest BCUT2D eigenvalue weighted by molar-refractivity contribution is 14.1. The van der Waals surface area contributed by atoms with Crippen LogP contribution >= 0.6 is 33.9 Å². The van der Waals surface area contributed by atoms with Crippen molar-refractivity contribution in [3.63, 3.8) is 0 Å². The Bertz CT molecular complexity index is 566. The first-order valence-corrected chi connectivity index (χ1v) is 8.18. The maximum Gasteiger partial charge on any atom is 0.252 e. The van der Waals surface area contributed by atoms with Crippen molar-refractivity contribution >= 4 is 39.8 Å². The molecular formula is C15H16INOS. The average molecular weight is 385 g/mol. The van der Waals surface area contributed by atoms with Crippen LogP contribution in [0.5, 0.6) is 0 Å². The number of carbonyl (C=O) groups is 1. The molecule has 1 atom stereocenters. The Morgan fingerprint density at radius 1 is 1.37 bits per heavy atom. The maximum absolute atomic E-state index is 12.4. The second kappa shape index (κ2) is 6.52. The molecular weight excluding hydrogens is 369 g/mol. The smallest absolute Gasteiger partial charge is 0.252 e. The lowest BCUT2D eigenvalue weighted by molar-refractivity contribution is 0.0935. The molecule has 1 aromatic carbocycles. The van der Waals surface area contributed by atoms with Gasteiger partial charge in [0.25, 0.3) is 5.91 Å². The van der Waals surface area contributed by atoms with Gasteiger partial charge in [-0.25, -0.2) is 0 Å². The van der Waals surface area contributed by atoms with Crippen LogP contribution in [-0.2, 0) is 0 Å². The zero-order valence-electron chi connectivity index (χ0n) is 10.9. The molecule has 0 aliphatic heterocycles. The van der Waals surface area contributed by atoms with Crippen molar-refractivity contribution in [2.45, 2.75) is 26.3 Å². The molecule has 0 saturated carbocycles. The standard InChI is InChI=1S/C15H16INOS/c1-3-12(13-8-5-9-19-13)17-15(18)11-7-4-6-10(2)14(11)16/h4-9,12H,3H2,1-2H3,(H,17,18). The Kier molecular flexibility index (Phi) is 4.99. The second-order valence-electron chi connectivity index (χ2n) is 4.39. The minimum absolute atomic E-state index is 0.00773. The zero-order chi connectivity index (χ0) is 13.8. The molecule has 2 aromatic rings. The molecule has 2 nitrogen and oxygen atoms in total. The first-order valence-electron chi connectivity index (χ1n) is 6.22. The van der Waals surface area contributed by atoms with Crippen LogP contribution in [0.1, 0.15) is 40.2 Å². The summed E-state index contributed by atoms with van der Waals surface area (Å²) in [5, 5.41) is 5.16. The molecule has 1 N–H and O–H groups in total. The van der Waals surface area contributed by atoms with Crippen molar-refractivity contribution in [3.8, 4) is 0 Å². The summed E-state index contributed by atoms with van der Waals surface area (Å²) in [6.45, 7) is 4.11. The normalized spacial score (nSPS) is 12.2. The lowest BCUT2D eigenvalue weighted by Gasteiger charge is -2.16. The highest BCUT2D eigenvalue weighted by Crippen LogP contribution is 2.23. The predicted octanol–water partition coefficient (Wildman–Crippen LogP) is 4.54. The molecule has 2 rings (SSSR count). The topological polar surface area (TPSA) is 29.1 Å². The Morgan fingerprint density at radius 3 is 2.79 bits per heavy atom. The van der Waals surface area contributed by atoms with E-state index in [4.69, 9.17) is 0 Å². The van der Waals surface area contributed by atoms with Gasteiger partial charge in [-0.3, -0.25) is 4.79 Å². The van der Waals surface area contributed by atoms with E-state index in [2.05, 4.69) is 40.9 Å². The molecule has 0 spiro atoms. The third-order valence-corrected chi connectivity index (χ3v) is 5.45. The van der Waals surface area contributed by atoms with Gasteiger partial charge in [0, 0.05) is 8.45 Å². The van der Waals surface area contributed by atoms with E-state index in [0.717, 1.165) is 21.1 Å². The van der Waals surface area contributed by atoms with Gasteiger partial charge in [0.2, 0.25) is 0 Å². The predicted molar refractivity (Wildman–Crippen MR) is 88.7 cm³/mol. The fraction of sp³-hybridized carbons (Fsp3) is 0.267. The van der Waals surface area contributed by atoms with Crippen LogP contribution in [0.25, 0.3) is 0 Å². The Balaban J connectivity index is 2.18. The van der Waals surface area contributed by atoms with Gasteiger partial charge in [-0.1, -0.05) is 25.1 Å². The third-order valence-electron chi connectivity index (χ3n) is 3.04. The molecule has 0 aliphatic rings. The molecule has 100 valence electrons. The van der Waals surface area contributed by atoms with Crippen LogP contribution < -0.4 is 5.32 Å². The lowest BCUT2D eigenvalue weighted by Crippen LogP contribution is -2.28. The molecule has 0 saturated heterocycles. The fourth-order valence-corrected chi connectivity index (χ4v) is 3.39. The van der Waals surface area contributed by atoms with E-state index in [9.17, 15) is 4.79 Å². The largest absolute Gasteiger partial charge is 0.344 e. The summed E-state index contributed by atoms with van der Waals surface area (Å²) in [5.74, 6) is 0.00773. The van der Waals surface area contributed by atoms with Gasteiger partial charge < -0.3 is 5.32 Å². The number of aryl methyl sites for hydroxylation is 1. The van der Waals surface area contributed by atoms with Gasteiger partial charge in [0.15, 0.2) is 0 Å². The Labute approximate surface area is 131 Å². The van der Waals surface area contributed by atoms with E-state index in [1.54, 1.807) is 11.3 Å². The molecule has 19 heavy (non-hydrogen) atoms. The number of nitrogens with one attached hydrogen (secondary N) is 1. The molecule has 1 aromatic heterocycles. The maximum atomic E-state index is 12.4. The van der Waals surface area contributed by atoms with Crippen LogP contribution in [0, 0.1) is 10.5 Å². The van der Waals surface area contributed by atoms with Gasteiger partial charge in [-0.05, 0) is 59.0 Å². The van der Waals surface area contributed by atoms with Crippen LogP contribution in [0.15, 0.2) is 35.7 Å². The number of halogens is 1. The highest BCUT2D eigenvalue weighted by Gasteiger charge is 2.17. The summed E-state index contributed by atoms with van der Waals surface area (Å²) >= 11 is 3.92. The van der Waals surface area contributed by atoms with Gasteiger partial charge in [0.05, 0.1) is 11.6 Å². The number of hydrogen-bond acceptors (Lipinski definition) is 2. The molecule has 0 aliphatic carbocycles. The number of carbonyl (C=O) groups excluding carboxylic acids is 1. The van der Waals surface area contributed by atoms with Crippen molar-refractivity contribution in [2.75, 3.05) is 0 Å². The summed E-state index contributed by atoms with van der Waals surface area (Å²) in [4.78, 5) is 13.6. The molecule has 1 amide bonds. The molecule has 0 bridgehead atoms. The summed E-state index contributed by atoms with van der Waals surface area (Å²) in [6, 6.07) is 10.0.